The van der Waals surface area contributed by atoms with Crippen LogP contribution in [-0.2, 0) is 16.0 Å². The highest BCUT2D eigenvalue weighted by atomic mass is 16.7. The van der Waals surface area contributed by atoms with Crippen LogP contribution in [0.3, 0.4) is 0 Å². The van der Waals surface area contributed by atoms with Crippen LogP contribution in [0.5, 0.6) is 11.5 Å². The van der Waals surface area contributed by atoms with Gasteiger partial charge in [-0.15, -0.1) is 6.58 Å². The molecule has 0 fully saturated rings. The predicted molar refractivity (Wildman–Crippen MR) is 147 cm³/mol. The quantitative estimate of drug-likeness (QED) is 0.150. The molecule has 1 aromatic heterocycles. The van der Waals surface area contributed by atoms with Crippen molar-refractivity contribution in [3.8, 4) is 11.5 Å². The molecule has 1 amide bonds. The molecule has 0 unspecified atom stereocenters. The Balaban J connectivity index is 1.13. The molecule has 2 heterocycles. The lowest BCUT2D eigenvalue weighted by molar-refractivity contribution is 0.0519. The van der Waals surface area contributed by atoms with E-state index in [1.165, 1.54) is 0 Å². The van der Waals surface area contributed by atoms with E-state index in [2.05, 4.69) is 42.8 Å². The molecule has 0 bridgehead atoms. The Bertz CT molecular complexity index is 1210. The number of carbonyl (C=O) groups excluding carboxylic acids is 1. The van der Waals surface area contributed by atoms with Crippen LogP contribution in [0.1, 0.15) is 15.9 Å². The first-order valence-corrected chi connectivity index (χ1v) is 12.7. The number of carbonyl (C=O) groups is 1. The lowest BCUT2D eigenvalue weighted by Gasteiger charge is -2.11. The van der Waals surface area contributed by atoms with Crippen molar-refractivity contribution >= 4 is 23.8 Å². The summed E-state index contributed by atoms with van der Waals surface area (Å²) >= 11 is 0. The first kappa shape index (κ1) is 27.6. The molecule has 0 saturated carbocycles. The summed E-state index contributed by atoms with van der Waals surface area (Å²) in [6, 6.07) is 14.8. The summed E-state index contributed by atoms with van der Waals surface area (Å²) in [6.07, 6.45) is 1.73. The molecule has 12 nitrogen and oxygen atoms in total. The number of benzene rings is 2. The van der Waals surface area contributed by atoms with Gasteiger partial charge in [0.2, 0.25) is 24.6 Å². The van der Waals surface area contributed by atoms with Crippen LogP contribution in [-0.4, -0.2) is 73.7 Å². The third-order valence-electron chi connectivity index (χ3n) is 5.40. The fourth-order valence-electron chi connectivity index (χ4n) is 3.49. The third kappa shape index (κ3) is 9.13. The second-order valence-corrected chi connectivity index (χ2v) is 8.29. The van der Waals surface area contributed by atoms with Gasteiger partial charge in [0.1, 0.15) is 0 Å². The van der Waals surface area contributed by atoms with E-state index in [1.807, 2.05) is 36.4 Å². The van der Waals surface area contributed by atoms with Crippen molar-refractivity contribution in [1.29, 1.82) is 0 Å². The van der Waals surface area contributed by atoms with Crippen molar-refractivity contribution < 1.29 is 23.7 Å². The molecule has 39 heavy (non-hydrogen) atoms. The lowest BCUT2D eigenvalue weighted by atomic mass is 10.2. The van der Waals surface area contributed by atoms with E-state index < -0.39 is 0 Å². The van der Waals surface area contributed by atoms with Gasteiger partial charge in [-0.25, -0.2) is 0 Å². The highest BCUT2D eigenvalue weighted by Gasteiger charge is 2.13. The van der Waals surface area contributed by atoms with Crippen LogP contribution in [0.25, 0.3) is 0 Å². The van der Waals surface area contributed by atoms with Crippen LogP contribution >= 0.6 is 0 Å². The standard InChI is InChI=1S/C27H33N7O5/c1-2-10-29-25-32-26(34-27(33-25)31-18-20-8-9-22-23(17-20)39-19-38-22)30-12-14-37-16-15-36-13-11-28-24(35)21-6-4-3-5-7-21/h2-9,17H,1,10-16,18-19H2,(H,28,35)(H3,29,30,31,32,33,34). The number of hydrogen-bond donors (Lipinski definition) is 4. The maximum Gasteiger partial charge on any atom is 0.251 e. The predicted octanol–water partition coefficient (Wildman–Crippen LogP) is 2.69. The first-order chi connectivity index (χ1) is 19.2. The minimum absolute atomic E-state index is 0.117. The Hall–Kier alpha value is -4.42. The molecule has 0 atom stereocenters. The average molecular weight is 536 g/mol. The maximum absolute atomic E-state index is 12.0. The van der Waals surface area contributed by atoms with Gasteiger partial charge in [0.05, 0.1) is 26.4 Å². The van der Waals surface area contributed by atoms with Crippen LogP contribution in [0.2, 0.25) is 0 Å². The van der Waals surface area contributed by atoms with Crippen LogP contribution in [0, 0.1) is 0 Å². The van der Waals surface area contributed by atoms with Gasteiger partial charge in [-0.2, -0.15) is 15.0 Å². The van der Waals surface area contributed by atoms with E-state index >= 15 is 0 Å². The van der Waals surface area contributed by atoms with E-state index in [4.69, 9.17) is 18.9 Å². The highest BCUT2D eigenvalue weighted by molar-refractivity contribution is 5.94. The van der Waals surface area contributed by atoms with Gasteiger partial charge >= 0.3 is 0 Å². The molecule has 0 spiro atoms. The van der Waals surface area contributed by atoms with Crippen LogP contribution in [0.15, 0.2) is 61.2 Å². The van der Waals surface area contributed by atoms with E-state index in [-0.39, 0.29) is 12.7 Å². The molecular weight excluding hydrogens is 502 g/mol. The van der Waals surface area contributed by atoms with Crippen molar-refractivity contribution in [1.82, 2.24) is 20.3 Å². The Labute approximate surface area is 227 Å². The molecule has 1 aliphatic rings. The van der Waals surface area contributed by atoms with Gasteiger partial charge in [0.25, 0.3) is 5.91 Å². The number of aromatic nitrogens is 3. The second-order valence-electron chi connectivity index (χ2n) is 8.29. The Morgan fingerprint density at radius 3 is 2.31 bits per heavy atom. The molecule has 12 heteroatoms. The van der Waals surface area contributed by atoms with Gasteiger partial charge in [-0.1, -0.05) is 30.3 Å². The van der Waals surface area contributed by atoms with E-state index in [0.29, 0.717) is 76.0 Å². The molecule has 2 aromatic carbocycles. The number of hydrogen-bond acceptors (Lipinski definition) is 11. The summed E-state index contributed by atoms with van der Waals surface area (Å²) in [5.41, 5.74) is 1.63. The number of fused-ring (bicyclic) bond motifs is 1. The van der Waals surface area contributed by atoms with Crippen molar-refractivity contribution in [2.24, 2.45) is 0 Å². The van der Waals surface area contributed by atoms with E-state index in [1.54, 1.807) is 18.2 Å². The van der Waals surface area contributed by atoms with Gasteiger partial charge in [0, 0.05) is 31.7 Å². The highest BCUT2D eigenvalue weighted by Crippen LogP contribution is 2.32. The molecule has 4 N–H and O–H groups in total. The smallest absolute Gasteiger partial charge is 0.251 e. The fourth-order valence-corrected chi connectivity index (χ4v) is 3.49. The number of nitrogens with zero attached hydrogens (tertiary/aromatic N) is 3. The van der Waals surface area contributed by atoms with Crippen molar-refractivity contribution in [2.45, 2.75) is 6.54 Å². The molecule has 0 aliphatic carbocycles. The summed E-state index contributed by atoms with van der Waals surface area (Å²) in [5, 5.41) is 12.3. The second kappa shape index (κ2) is 15.1. The molecule has 206 valence electrons. The summed E-state index contributed by atoms with van der Waals surface area (Å²) < 4.78 is 21.9. The minimum atomic E-state index is -0.117. The summed E-state index contributed by atoms with van der Waals surface area (Å²) in [4.78, 5) is 25.2. The third-order valence-corrected chi connectivity index (χ3v) is 5.40. The SMILES string of the molecule is C=CCNc1nc(NCCOCCOCCNC(=O)c2ccccc2)nc(NCc2ccc3c(c2)OCO3)n1. The largest absolute Gasteiger partial charge is 0.454 e. The van der Waals surface area contributed by atoms with Gasteiger partial charge in [-0.05, 0) is 29.8 Å². The normalized spacial score (nSPS) is 11.6. The van der Waals surface area contributed by atoms with Crippen LogP contribution < -0.4 is 30.7 Å². The Morgan fingerprint density at radius 2 is 1.54 bits per heavy atom. The number of amides is 1. The van der Waals surface area contributed by atoms with Crippen LogP contribution in [0.4, 0.5) is 17.8 Å². The monoisotopic (exact) mass is 535 g/mol. The molecule has 1 aliphatic heterocycles. The summed E-state index contributed by atoms with van der Waals surface area (Å²) in [6.45, 7) is 7.61. The molecule has 3 aromatic rings. The lowest BCUT2D eigenvalue weighted by Crippen LogP contribution is -2.27. The summed E-state index contributed by atoms with van der Waals surface area (Å²) in [5.74, 6) is 2.61. The Morgan fingerprint density at radius 1 is 0.846 bits per heavy atom. The number of rotatable bonds is 17. The Kier molecular flexibility index (Phi) is 10.7. The zero-order valence-corrected chi connectivity index (χ0v) is 21.7. The van der Waals surface area contributed by atoms with E-state index in [0.717, 1.165) is 17.1 Å². The topological polar surface area (TPSA) is 141 Å². The maximum atomic E-state index is 12.0. The molecule has 0 saturated heterocycles. The van der Waals surface area contributed by atoms with Crippen molar-refractivity contribution in [3.05, 3.63) is 72.3 Å². The number of nitrogens with one attached hydrogen (secondary N) is 4. The van der Waals surface area contributed by atoms with E-state index in [9.17, 15) is 4.79 Å². The zero-order valence-electron chi connectivity index (χ0n) is 21.7. The molecular formula is C27H33N7O5. The molecule has 0 radical (unpaired) electrons. The number of ether oxygens (including phenoxy) is 4. The zero-order chi connectivity index (χ0) is 27.1. The average Bonchev–Trinajstić information content (AvgIpc) is 3.44. The van der Waals surface area contributed by atoms with Gasteiger partial charge < -0.3 is 40.2 Å². The van der Waals surface area contributed by atoms with Gasteiger partial charge in [0.15, 0.2) is 11.5 Å². The van der Waals surface area contributed by atoms with Crippen molar-refractivity contribution in [2.75, 3.05) is 68.8 Å². The molecule has 4 rings (SSSR count). The van der Waals surface area contributed by atoms with Gasteiger partial charge in [-0.3, -0.25) is 4.79 Å². The number of anilines is 3. The van der Waals surface area contributed by atoms with Crippen molar-refractivity contribution in [3.63, 3.8) is 0 Å². The minimum Gasteiger partial charge on any atom is -0.454 e. The fraction of sp³-hybridized carbons (Fsp3) is 0.333. The summed E-state index contributed by atoms with van der Waals surface area (Å²) in [7, 11) is 0. The first-order valence-electron chi connectivity index (χ1n) is 12.7.